The highest BCUT2D eigenvalue weighted by Crippen LogP contribution is 2.24. The van der Waals surface area contributed by atoms with E-state index in [9.17, 15) is 9.59 Å². The molecular weight excluding hydrogens is 366 g/mol. The number of carboxylic acids is 1. The third-order valence-electron chi connectivity index (χ3n) is 3.61. The van der Waals surface area contributed by atoms with E-state index >= 15 is 0 Å². The van der Waals surface area contributed by atoms with Crippen LogP contribution in [0.5, 0.6) is 0 Å². The highest BCUT2D eigenvalue weighted by atomic mass is 35.5. The van der Waals surface area contributed by atoms with Gasteiger partial charge in [0.2, 0.25) is 0 Å². The fourth-order valence-corrected chi connectivity index (χ4v) is 3.34. The summed E-state index contributed by atoms with van der Waals surface area (Å²) in [6.45, 7) is 7.64. The van der Waals surface area contributed by atoms with Crippen LogP contribution in [0.3, 0.4) is 0 Å². The standard InChI is InChI=1S/C15H22ClN5O3S/c1-9(2)17-15(24)21-5-4-20(7-10(21)3)12-6-11(16)18-14(19-12)25-8-13(22)23/h6,9-10H,4-5,7-8H2,1-3H3,(H,17,24)(H,22,23). The van der Waals surface area contributed by atoms with Crippen molar-refractivity contribution in [2.24, 2.45) is 0 Å². The third-order valence-corrected chi connectivity index (χ3v) is 4.64. The Bertz CT molecular complexity index is 646. The van der Waals surface area contributed by atoms with E-state index < -0.39 is 5.97 Å². The van der Waals surface area contributed by atoms with Crippen LogP contribution in [0.25, 0.3) is 0 Å². The molecule has 2 heterocycles. The zero-order valence-electron chi connectivity index (χ0n) is 14.4. The molecule has 2 amide bonds. The Kier molecular flexibility index (Phi) is 6.71. The maximum atomic E-state index is 12.2. The predicted molar refractivity (Wildman–Crippen MR) is 97.5 cm³/mol. The number of piperazine rings is 1. The highest BCUT2D eigenvalue weighted by Gasteiger charge is 2.28. The van der Waals surface area contributed by atoms with Gasteiger partial charge in [0.05, 0.1) is 5.75 Å². The molecule has 1 fully saturated rings. The number of nitrogens with zero attached hydrogens (tertiary/aromatic N) is 4. The number of nitrogens with one attached hydrogen (secondary N) is 1. The lowest BCUT2D eigenvalue weighted by molar-refractivity contribution is -0.133. The molecule has 138 valence electrons. The summed E-state index contributed by atoms with van der Waals surface area (Å²) in [5.74, 6) is -0.420. The first-order chi connectivity index (χ1) is 11.8. The van der Waals surface area contributed by atoms with Crippen molar-refractivity contribution in [3.05, 3.63) is 11.2 Å². The number of aliphatic carboxylic acids is 1. The van der Waals surface area contributed by atoms with Gasteiger partial charge in [0.15, 0.2) is 5.16 Å². The fourth-order valence-electron chi connectivity index (χ4n) is 2.54. The minimum atomic E-state index is -0.937. The molecule has 25 heavy (non-hydrogen) atoms. The van der Waals surface area contributed by atoms with Gasteiger partial charge in [0.1, 0.15) is 11.0 Å². The molecular formula is C15H22ClN5O3S. The zero-order valence-corrected chi connectivity index (χ0v) is 16.0. The van der Waals surface area contributed by atoms with Gasteiger partial charge >= 0.3 is 12.0 Å². The fraction of sp³-hybridized carbons (Fsp3) is 0.600. The lowest BCUT2D eigenvalue weighted by atomic mass is 10.2. The number of carbonyl (C=O) groups is 2. The molecule has 0 aliphatic carbocycles. The molecule has 0 saturated carbocycles. The number of amides is 2. The smallest absolute Gasteiger partial charge is 0.317 e. The molecule has 2 N–H and O–H groups in total. The molecule has 0 radical (unpaired) electrons. The van der Waals surface area contributed by atoms with E-state index in [1.54, 1.807) is 11.0 Å². The van der Waals surface area contributed by atoms with Gasteiger partial charge in [-0.05, 0) is 20.8 Å². The summed E-state index contributed by atoms with van der Waals surface area (Å²) in [4.78, 5) is 35.2. The summed E-state index contributed by atoms with van der Waals surface area (Å²) in [7, 11) is 0. The van der Waals surface area contributed by atoms with Crippen molar-refractivity contribution in [1.82, 2.24) is 20.2 Å². The quantitative estimate of drug-likeness (QED) is 0.452. The monoisotopic (exact) mass is 387 g/mol. The maximum absolute atomic E-state index is 12.2. The van der Waals surface area contributed by atoms with E-state index in [0.29, 0.717) is 30.6 Å². The lowest BCUT2D eigenvalue weighted by Crippen LogP contribution is -2.57. The van der Waals surface area contributed by atoms with Crippen molar-refractivity contribution in [2.45, 2.75) is 38.0 Å². The third kappa shape index (κ3) is 5.64. The average Bonchev–Trinajstić information content (AvgIpc) is 2.51. The van der Waals surface area contributed by atoms with Gasteiger partial charge in [0.25, 0.3) is 0 Å². The van der Waals surface area contributed by atoms with Gasteiger partial charge in [-0.1, -0.05) is 23.4 Å². The second kappa shape index (κ2) is 8.57. The van der Waals surface area contributed by atoms with Gasteiger partial charge in [-0.3, -0.25) is 4.79 Å². The minimum Gasteiger partial charge on any atom is -0.481 e. The number of rotatable bonds is 5. The first-order valence-corrected chi connectivity index (χ1v) is 9.34. The van der Waals surface area contributed by atoms with Gasteiger partial charge in [0, 0.05) is 37.8 Å². The van der Waals surface area contributed by atoms with Gasteiger partial charge in [-0.15, -0.1) is 0 Å². The van der Waals surface area contributed by atoms with Gasteiger partial charge < -0.3 is 20.2 Å². The zero-order chi connectivity index (χ0) is 18.6. The number of carbonyl (C=O) groups excluding carboxylic acids is 1. The average molecular weight is 388 g/mol. The molecule has 1 saturated heterocycles. The largest absolute Gasteiger partial charge is 0.481 e. The number of hydrogen-bond donors (Lipinski definition) is 2. The molecule has 0 spiro atoms. The summed E-state index contributed by atoms with van der Waals surface area (Å²) in [6, 6.07) is 1.69. The Morgan fingerprint density at radius 1 is 1.44 bits per heavy atom. The molecule has 1 atom stereocenters. The first kappa shape index (κ1) is 19.6. The van der Waals surface area contributed by atoms with Crippen LogP contribution in [0.15, 0.2) is 11.2 Å². The summed E-state index contributed by atoms with van der Waals surface area (Å²) in [6.07, 6.45) is 0. The van der Waals surface area contributed by atoms with E-state index in [2.05, 4.69) is 15.3 Å². The topological polar surface area (TPSA) is 98.7 Å². The van der Waals surface area contributed by atoms with Crippen molar-refractivity contribution >= 4 is 41.2 Å². The molecule has 1 unspecified atom stereocenters. The van der Waals surface area contributed by atoms with Crippen molar-refractivity contribution in [2.75, 3.05) is 30.3 Å². The van der Waals surface area contributed by atoms with Crippen LogP contribution < -0.4 is 10.2 Å². The van der Waals surface area contributed by atoms with Crippen LogP contribution in [0.4, 0.5) is 10.6 Å². The molecule has 1 aromatic heterocycles. The lowest BCUT2D eigenvalue weighted by Gasteiger charge is -2.40. The molecule has 0 bridgehead atoms. The molecule has 1 aromatic rings. The van der Waals surface area contributed by atoms with Crippen molar-refractivity contribution in [3.8, 4) is 0 Å². The molecule has 8 nitrogen and oxygen atoms in total. The number of carboxylic acid groups (broad SMARTS) is 1. The SMILES string of the molecule is CC(C)NC(=O)N1CCN(c2cc(Cl)nc(SCC(=O)O)n2)CC1C. The van der Waals surface area contributed by atoms with Crippen molar-refractivity contribution in [1.29, 1.82) is 0 Å². The van der Waals surface area contributed by atoms with Crippen molar-refractivity contribution in [3.63, 3.8) is 0 Å². The van der Waals surface area contributed by atoms with Crippen LogP contribution >= 0.6 is 23.4 Å². The van der Waals surface area contributed by atoms with E-state index in [4.69, 9.17) is 16.7 Å². The number of hydrogen-bond acceptors (Lipinski definition) is 6. The van der Waals surface area contributed by atoms with Gasteiger partial charge in [-0.2, -0.15) is 0 Å². The predicted octanol–water partition coefficient (Wildman–Crippen LogP) is 1.94. The number of anilines is 1. The first-order valence-electron chi connectivity index (χ1n) is 7.97. The number of urea groups is 1. The number of halogens is 1. The summed E-state index contributed by atoms with van der Waals surface area (Å²) in [5, 5.41) is 12.3. The molecule has 1 aliphatic heterocycles. The molecule has 10 heteroatoms. The summed E-state index contributed by atoms with van der Waals surface area (Å²) in [5.41, 5.74) is 0. The second-order valence-electron chi connectivity index (χ2n) is 6.11. The van der Waals surface area contributed by atoms with E-state index in [0.717, 1.165) is 11.8 Å². The number of aromatic nitrogens is 2. The van der Waals surface area contributed by atoms with Crippen LogP contribution in [-0.2, 0) is 4.79 Å². The Hall–Kier alpha value is -1.74. The summed E-state index contributed by atoms with van der Waals surface area (Å²) < 4.78 is 0. The molecule has 0 aromatic carbocycles. The Morgan fingerprint density at radius 3 is 2.76 bits per heavy atom. The van der Waals surface area contributed by atoms with Crippen molar-refractivity contribution < 1.29 is 14.7 Å². The van der Waals surface area contributed by atoms with Crippen LogP contribution in [0.1, 0.15) is 20.8 Å². The molecule has 1 aliphatic rings. The maximum Gasteiger partial charge on any atom is 0.317 e. The molecule has 2 rings (SSSR count). The van der Waals surface area contributed by atoms with Gasteiger partial charge in [-0.25, -0.2) is 14.8 Å². The number of thioether (sulfide) groups is 1. The Balaban J connectivity index is 2.06. The highest BCUT2D eigenvalue weighted by molar-refractivity contribution is 7.99. The Labute approximate surface area is 155 Å². The van der Waals surface area contributed by atoms with Crippen LogP contribution in [0.2, 0.25) is 5.15 Å². The summed E-state index contributed by atoms with van der Waals surface area (Å²) >= 11 is 7.07. The normalized spacial score (nSPS) is 17.7. The van der Waals surface area contributed by atoms with Crippen LogP contribution in [-0.4, -0.2) is 69.4 Å². The van der Waals surface area contributed by atoms with E-state index in [-0.39, 0.29) is 29.0 Å². The van der Waals surface area contributed by atoms with E-state index in [1.165, 1.54) is 0 Å². The Morgan fingerprint density at radius 2 is 2.16 bits per heavy atom. The minimum absolute atomic E-state index is 0.0105. The van der Waals surface area contributed by atoms with E-state index in [1.807, 2.05) is 25.7 Å². The second-order valence-corrected chi connectivity index (χ2v) is 7.44. The van der Waals surface area contributed by atoms with Crippen LogP contribution in [0, 0.1) is 0 Å².